The van der Waals surface area contributed by atoms with Crippen LogP contribution in [0.5, 0.6) is 5.75 Å². The Bertz CT molecular complexity index is 396. The summed E-state index contributed by atoms with van der Waals surface area (Å²) in [6.45, 7) is 3.64. The molecule has 0 aliphatic heterocycles. The highest BCUT2D eigenvalue weighted by Crippen LogP contribution is 2.26. The predicted octanol–water partition coefficient (Wildman–Crippen LogP) is -0.584. The van der Waals surface area contributed by atoms with Crippen molar-refractivity contribution in [1.82, 2.24) is 5.32 Å². The fraction of sp³-hybridized carbons (Fsp3) is 0.333. The number of nitrogens with two attached hydrogens (primary N) is 1. The van der Waals surface area contributed by atoms with Gasteiger partial charge in [-0.3, -0.25) is 0 Å². The van der Waals surface area contributed by atoms with Crippen LogP contribution in [-0.4, -0.2) is 29.3 Å². The van der Waals surface area contributed by atoms with Crippen LogP contribution in [0, 0.1) is 0 Å². The van der Waals surface area contributed by atoms with E-state index in [1.165, 1.54) is 7.11 Å². The Morgan fingerprint density at radius 2 is 2.22 bits per heavy atom. The van der Waals surface area contributed by atoms with Gasteiger partial charge in [0.2, 0.25) is 0 Å². The van der Waals surface area contributed by atoms with Crippen LogP contribution in [0.4, 0.5) is 0 Å². The fourth-order valence-corrected chi connectivity index (χ4v) is 1.48. The third-order valence-electron chi connectivity index (χ3n) is 2.36. The third kappa shape index (κ3) is 4.25. The van der Waals surface area contributed by atoms with Crippen molar-refractivity contribution in [1.29, 1.82) is 0 Å². The molecule has 0 heterocycles. The Morgan fingerprint density at radius 1 is 1.56 bits per heavy atom. The summed E-state index contributed by atoms with van der Waals surface area (Å²) in [7, 11) is 1.53. The first kappa shape index (κ1) is 16.2. The molecule has 0 aliphatic carbocycles. The number of methoxy groups -OCH3 is 1. The van der Waals surface area contributed by atoms with E-state index in [2.05, 4.69) is 11.9 Å². The molecule has 7 N–H and O–H groups in total. The van der Waals surface area contributed by atoms with Crippen LogP contribution >= 0.6 is 0 Å². The van der Waals surface area contributed by atoms with Crippen LogP contribution in [0.1, 0.15) is 17.2 Å². The maximum atomic E-state index is 9.98. The molecule has 0 aromatic heterocycles. The molecule has 0 spiro atoms. The molecule has 1 aromatic rings. The topological polar surface area (TPSA) is 119 Å². The van der Waals surface area contributed by atoms with Gasteiger partial charge in [-0.05, 0) is 17.7 Å². The van der Waals surface area contributed by atoms with Gasteiger partial charge in [-0.1, -0.05) is 12.6 Å². The fourth-order valence-electron chi connectivity index (χ4n) is 1.48. The molecule has 0 fully saturated rings. The first-order valence-corrected chi connectivity index (χ1v) is 5.22. The van der Waals surface area contributed by atoms with Gasteiger partial charge in [-0.25, -0.2) is 0 Å². The molecule has 6 heteroatoms. The molecule has 0 aliphatic rings. The summed E-state index contributed by atoms with van der Waals surface area (Å²) < 4.78 is 5.15. The van der Waals surface area contributed by atoms with Crippen LogP contribution in [0.3, 0.4) is 0 Å². The van der Waals surface area contributed by atoms with Gasteiger partial charge in [0.1, 0.15) is 5.75 Å². The van der Waals surface area contributed by atoms with E-state index >= 15 is 0 Å². The lowest BCUT2D eigenvalue weighted by Gasteiger charge is -2.16. The number of hydrogen-bond acceptors (Lipinski definition) is 5. The van der Waals surface area contributed by atoms with E-state index in [4.69, 9.17) is 15.6 Å². The molecular formula is C12H20N2O4. The van der Waals surface area contributed by atoms with Crippen LogP contribution in [0.15, 0.2) is 30.6 Å². The maximum Gasteiger partial charge on any atom is 0.124 e. The van der Waals surface area contributed by atoms with Crippen molar-refractivity contribution >= 4 is 0 Å². The van der Waals surface area contributed by atoms with Gasteiger partial charge >= 0.3 is 0 Å². The molecule has 1 unspecified atom stereocenters. The monoisotopic (exact) mass is 256 g/mol. The number of benzene rings is 1. The van der Waals surface area contributed by atoms with E-state index in [1.807, 2.05) is 0 Å². The lowest BCUT2D eigenvalue weighted by molar-refractivity contribution is 0.173. The van der Waals surface area contributed by atoms with Gasteiger partial charge < -0.3 is 31.5 Å². The summed E-state index contributed by atoms with van der Waals surface area (Å²) in [4.78, 5) is 0. The highest BCUT2D eigenvalue weighted by Gasteiger charge is 2.13. The SMILES string of the molecule is C=C(N)NCC(O)c1cc(CO)ccc1OC.O. The van der Waals surface area contributed by atoms with E-state index < -0.39 is 6.10 Å². The Kier molecular flexibility index (Phi) is 6.81. The van der Waals surface area contributed by atoms with Crippen molar-refractivity contribution in [2.24, 2.45) is 5.73 Å². The van der Waals surface area contributed by atoms with Gasteiger partial charge in [-0.2, -0.15) is 0 Å². The van der Waals surface area contributed by atoms with Gasteiger partial charge in [-0.15, -0.1) is 0 Å². The second kappa shape index (κ2) is 7.54. The van der Waals surface area contributed by atoms with Crippen molar-refractivity contribution in [3.8, 4) is 5.75 Å². The van der Waals surface area contributed by atoms with E-state index in [0.717, 1.165) is 0 Å². The van der Waals surface area contributed by atoms with Crippen molar-refractivity contribution in [2.75, 3.05) is 13.7 Å². The number of rotatable bonds is 6. The highest BCUT2D eigenvalue weighted by molar-refractivity contribution is 5.38. The predicted molar refractivity (Wildman–Crippen MR) is 68.8 cm³/mol. The molecule has 18 heavy (non-hydrogen) atoms. The zero-order chi connectivity index (χ0) is 12.8. The smallest absolute Gasteiger partial charge is 0.124 e. The number of aliphatic hydroxyl groups excluding tert-OH is 2. The first-order chi connectivity index (χ1) is 8.08. The summed E-state index contributed by atoms with van der Waals surface area (Å²) in [5, 5.41) is 21.8. The minimum absolute atomic E-state index is 0. The Labute approximate surface area is 106 Å². The lowest BCUT2D eigenvalue weighted by atomic mass is 10.0. The van der Waals surface area contributed by atoms with Gasteiger partial charge in [0.25, 0.3) is 0 Å². The minimum atomic E-state index is -0.781. The quantitative estimate of drug-likeness (QED) is 0.542. The Morgan fingerprint density at radius 3 is 2.72 bits per heavy atom. The normalized spacial score (nSPS) is 11.3. The van der Waals surface area contributed by atoms with E-state index in [1.54, 1.807) is 18.2 Å². The van der Waals surface area contributed by atoms with Crippen LogP contribution < -0.4 is 15.8 Å². The zero-order valence-corrected chi connectivity index (χ0v) is 10.3. The number of ether oxygens (including phenoxy) is 1. The molecule has 1 rings (SSSR count). The summed E-state index contributed by atoms with van der Waals surface area (Å²) in [6, 6.07) is 5.15. The Hall–Kier alpha value is -1.76. The number of aliphatic hydroxyl groups is 2. The summed E-state index contributed by atoms with van der Waals surface area (Å²) in [5.74, 6) is 0.862. The van der Waals surface area contributed by atoms with Crippen molar-refractivity contribution in [3.63, 3.8) is 0 Å². The zero-order valence-electron chi connectivity index (χ0n) is 10.3. The maximum absolute atomic E-state index is 9.98. The summed E-state index contributed by atoms with van der Waals surface area (Å²) in [6.07, 6.45) is -0.781. The average Bonchev–Trinajstić information content (AvgIpc) is 2.34. The standard InChI is InChI=1S/C12H18N2O3.H2O/c1-8(13)14-6-11(16)10-5-9(7-15)3-4-12(10)17-2;/h3-5,11,14-16H,1,6-7,13H2,2H3;1H2. The van der Waals surface area contributed by atoms with Crippen LogP contribution in [0.2, 0.25) is 0 Å². The second-order valence-electron chi connectivity index (χ2n) is 3.66. The Balaban J connectivity index is 0.00000289. The number of hydrogen-bond donors (Lipinski definition) is 4. The van der Waals surface area contributed by atoms with E-state index in [0.29, 0.717) is 22.7 Å². The summed E-state index contributed by atoms with van der Waals surface area (Å²) in [5.41, 5.74) is 6.68. The molecule has 0 amide bonds. The molecule has 1 aromatic carbocycles. The average molecular weight is 256 g/mol. The highest BCUT2D eigenvalue weighted by atomic mass is 16.5. The molecule has 0 bridgehead atoms. The lowest BCUT2D eigenvalue weighted by Crippen LogP contribution is -2.24. The van der Waals surface area contributed by atoms with Gasteiger partial charge in [0.05, 0.1) is 25.6 Å². The van der Waals surface area contributed by atoms with Crippen molar-refractivity contribution in [3.05, 3.63) is 41.7 Å². The first-order valence-electron chi connectivity index (χ1n) is 5.22. The molecule has 0 saturated heterocycles. The van der Waals surface area contributed by atoms with Gasteiger partial charge in [0.15, 0.2) is 0 Å². The van der Waals surface area contributed by atoms with Crippen LogP contribution in [0.25, 0.3) is 0 Å². The number of nitrogens with one attached hydrogen (secondary N) is 1. The van der Waals surface area contributed by atoms with Gasteiger partial charge in [0, 0.05) is 12.1 Å². The van der Waals surface area contributed by atoms with Crippen molar-refractivity contribution < 1.29 is 20.4 Å². The second-order valence-corrected chi connectivity index (χ2v) is 3.66. The summed E-state index contributed by atoms with van der Waals surface area (Å²) >= 11 is 0. The molecule has 102 valence electrons. The van der Waals surface area contributed by atoms with E-state index in [-0.39, 0.29) is 18.6 Å². The molecule has 1 atom stereocenters. The largest absolute Gasteiger partial charge is 0.496 e. The molecule has 0 saturated carbocycles. The molecular weight excluding hydrogens is 236 g/mol. The van der Waals surface area contributed by atoms with E-state index in [9.17, 15) is 5.11 Å². The minimum Gasteiger partial charge on any atom is -0.496 e. The van der Waals surface area contributed by atoms with Crippen molar-refractivity contribution in [2.45, 2.75) is 12.7 Å². The third-order valence-corrected chi connectivity index (χ3v) is 2.36. The molecule has 6 nitrogen and oxygen atoms in total. The molecule has 0 radical (unpaired) electrons. The van der Waals surface area contributed by atoms with Crippen LogP contribution in [-0.2, 0) is 6.61 Å².